The third kappa shape index (κ3) is 4.83. The minimum absolute atomic E-state index is 0.0179. The van der Waals surface area contributed by atoms with Gasteiger partial charge >= 0.3 is 0 Å². The highest BCUT2D eigenvalue weighted by Gasteiger charge is 2.27. The van der Waals surface area contributed by atoms with Crippen LogP contribution in [0.2, 0.25) is 0 Å². The number of carbonyl (C=O) groups excluding carboxylic acids is 1. The van der Waals surface area contributed by atoms with Crippen LogP contribution in [-0.4, -0.2) is 43.6 Å². The van der Waals surface area contributed by atoms with Crippen LogP contribution < -0.4 is 4.74 Å². The molecule has 0 spiro atoms. The molecule has 3 aromatic heterocycles. The number of amides is 1. The van der Waals surface area contributed by atoms with E-state index in [4.69, 9.17) is 9.72 Å². The Morgan fingerprint density at radius 1 is 1.12 bits per heavy atom. The van der Waals surface area contributed by atoms with Crippen molar-refractivity contribution in [3.05, 3.63) is 90.0 Å². The zero-order valence-electron chi connectivity index (χ0n) is 19.4. The number of hydrogen-bond donors (Lipinski definition) is 0. The third-order valence-electron chi connectivity index (χ3n) is 6.12. The van der Waals surface area contributed by atoms with Gasteiger partial charge in [0.25, 0.3) is 5.91 Å². The molecular weight excluding hydrogens is 426 g/mol. The van der Waals surface area contributed by atoms with Crippen molar-refractivity contribution in [3.8, 4) is 22.9 Å². The first-order valence-electron chi connectivity index (χ1n) is 11.5. The number of ether oxygens (including phenoxy) is 1. The topological polar surface area (TPSA) is 73.1 Å². The molecule has 34 heavy (non-hydrogen) atoms. The maximum atomic E-state index is 13.3. The van der Waals surface area contributed by atoms with Crippen molar-refractivity contribution in [3.63, 3.8) is 0 Å². The first kappa shape index (κ1) is 21.8. The quantitative estimate of drug-likeness (QED) is 0.425. The van der Waals surface area contributed by atoms with Gasteiger partial charge in [-0.3, -0.25) is 14.5 Å². The van der Waals surface area contributed by atoms with E-state index in [0.717, 1.165) is 42.1 Å². The fraction of sp³-hybridized carbons (Fsp3) is 0.259. The van der Waals surface area contributed by atoms with Crippen molar-refractivity contribution in [1.29, 1.82) is 0 Å². The molecule has 0 radical (unpaired) electrons. The van der Waals surface area contributed by atoms with Gasteiger partial charge in [0, 0.05) is 61.3 Å². The summed E-state index contributed by atoms with van der Waals surface area (Å²) in [6, 6.07) is 17.4. The van der Waals surface area contributed by atoms with Gasteiger partial charge in [0.05, 0.1) is 11.9 Å². The van der Waals surface area contributed by atoms with Crippen molar-refractivity contribution >= 4 is 5.91 Å². The van der Waals surface area contributed by atoms with Crippen molar-refractivity contribution in [2.45, 2.75) is 25.7 Å². The summed E-state index contributed by atoms with van der Waals surface area (Å²) in [5, 5.41) is 4.20. The molecule has 0 unspecified atom stereocenters. The lowest BCUT2D eigenvalue weighted by Gasteiger charge is -2.32. The second-order valence-corrected chi connectivity index (χ2v) is 8.74. The van der Waals surface area contributed by atoms with Crippen LogP contribution >= 0.6 is 0 Å². The molecular formula is C27H27N5O2. The molecule has 0 saturated carbocycles. The Morgan fingerprint density at radius 3 is 2.76 bits per heavy atom. The summed E-state index contributed by atoms with van der Waals surface area (Å²) in [7, 11) is 1.86. The zero-order valence-corrected chi connectivity index (χ0v) is 19.4. The Labute approximate surface area is 199 Å². The highest BCUT2D eigenvalue weighted by Crippen LogP contribution is 2.29. The molecule has 1 fully saturated rings. The molecule has 4 aromatic rings. The summed E-state index contributed by atoms with van der Waals surface area (Å²) >= 11 is 0. The van der Waals surface area contributed by atoms with Gasteiger partial charge in [-0.25, -0.2) is 4.98 Å². The number of nitrogens with zero attached hydrogens (tertiary/aromatic N) is 5. The molecule has 0 N–H and O–H groups in total. The molecule has 1 amide bonds. The average Bonchev–Trinajstić information content (AvgIpc) is 3.32. The van der Waals surface area contributed by atoms with Crippen LogP contribution in [0.4, 0.5) is 0 Å². The predicted octanol–water partition coefficient (Wildman–Crippen LogP) is 5.00. The standard InChI is InChI=1S/C27H27N5O2/c1-19-8-10-23(11-9-19)34-26-7-3-6-24(30-26)21-5-4-14-32(18-21)27(33)20-12-13-28-25(15-20)22-16-29-31(2)17-22/h3,6-13,15-17,21H,4-5,14,18H2,1-2H3/t21-/m1/s1. The summed E-state index contributed by atoms with van der Waals surface area (Å²) in [5.74, 6) is 1.51. The molecule has 1 aromatic carbocycles. The monoisotopic (exact) mass is 453 g/mol. The molecule has 7 nitrogen and oxygen atoms in total. The van der Waals surface area contributed by atoms with Crippen LogP contribution in [0.1, 0.15) is 40.4 Å². The van der Waals surface area contributed by atoms with E-state index in [1.165, 1.54) is 5.56 Å². The Kier molecular flexibility index (Phi) is 6.08. The molecule has 1 aliphatic rings. The molecule has 172 valence electrons. The van der Waals surface area contributed by atoms with Gasteiger partial charge in [-0.2, -0.15) is 5.10 Å². The highest BCUT2D eigenvalue weighted by atomic mass is 16.5. The molecule has 0 aliphatic carbocycles. The lowest BCUT2D eigenvalue weighted by atomic mass is 9.93. The van der Waals surface area contributed by atoms with Crippen LogP contribution in [0.3, 0.4) is 0 Å². The smallest absolute Gasteiger partial charge is 0.254 e. The van der Waals surface area contributed by atoms with Gasteiger partial charge < -0.3 is 9.64 Å². The minimum Gasteiger partial charge on any atom is -0.439 e. The maximum absolute atomic E-state index is 13.3. The number of aromatic nitrogens is 4. The lowest BCUT2D eigenvalue weighted by Crippen LogP contribution is -2.39. The Hall–Kier alpha value is -4.00. The van der Waals surface area contributed by atoms with E-state index in [9.17, 15) is 4.79 Å². The van der Waals surface area contributed by atoms with Crippen LogP contribution in [0.25, 0.3) is 11.3 Å². The number of rotatable bonds is 5. The number of aryl methyl sites for hydroxylation is 2. The summed E-state index contributed by atoms with van der Waals surface area (Å²) in [6.45, 7) is 3.41. The SMILES string of the molecule is Cc1ccc(Oc2cccc([C@@H]3CCCN(C(=O)c4ccnc(-c5cnn(C)c5)c4)C3)n2)cc1. The van der Waals surface area contributed by atoms with Crippen molar-refractivity contribution in [1.82, 2.24) is 24.6 Å². The minimum atomic E-state index is 0.0179. The largest absolute Gasteiger partial charge is 0.439 e. The van der Waals surface area contributed by atoms with Gasteiger partial charge in [0.2, 0.25) is 5.88 Å². The number of carbonyl (C=O) groups is 1. The normalized spacial score (nSPS) is 15.8. The molecule has 1 atom stereocenters. The highest BCUT2D eigenvalue weighted by molar-refractivity contribution is 5.95. The molecule has 1 saturated heterocycles. The van der Waals surface area contributed by atoms with Crippen molar-refractivity contribution < 1.29 is 9.53 Å². The number of pyridine rings is 2. The Morgan fingerprint density at radius 2 is 1.97 bits per heavy atom. The molecule has 7 heteroatoms. The second kappa shape index (κ2) is 9.47. The number of piperidine rings is 1. The zero-order chi connectivity index (χ0) is 23.5. The van der Waals surface area contributed by atoms with E-state index in [1.807, 2.05) is 73.6 Å². The number of hydrogen-bond acceptors (Lipinski definition) is 5. The van der Waals surface area contributed by atoms with Gasteiger partial charge in [-0.05, 0) is 50.1 Å². The van der Waals surface area contributed by atoms with Crippen LogP contribution in [0.5, 0.6) is 11.6 Å². The summed E-state index contributed by atoms with van der Waals surface area (Å²) in [4.78, 5) is 24.4. The Bertz CT molecular complexity index is 1300. The summed E-state index contributed by atoms with van der Waals surface area (Å²) < 4.78 is 7.69. The van der Waals surface area contributed by atoms with Crippen LogP contribution in [0, 0.1) is 6.92 Å². The van der Waals surface area contributed by atoms with E-state index >= 15 is 0 Å². The van der Waals surface area contributed by atoms with Crippen LogP contribution in [0.15, 0.2) is 73.2 Å². The van der Waals surface area contributed by atoms with E-state index in [2.05, 4.69) is 10.1 Å². The lowest BCUT2D eigenvalue weighted by molar-refractivity contribution is 0.0705. The predicted molar refractivity (Wildman–Crippen MR) is 130 cm³/mol. The third-order valence-corrected chi connectivity index (χ3v) is 6.12. The molecule has 5 rings (SSSR count). The van der Waals surface area contributed by atoms with E-state index < -0.39 is 0 Å². The Balaban J connectivity index is 1.30. The van der Waals surface area contributed by atoms with Gasteiger partial charge in [-0.15, -0.1) is 0 Å². The second-order valence-electron chi connectivity index (χ2n) is 8.74. The van der Waals surface area contributed by atoms with Gasteiger partial charge in [-0.1, -0.05) is 23.8 Å². The summed E-state index contributed by atoms with van der Waals surface area (Å²) in [5.41, 5.74) is 4.41. The van der Waals surface area contributed by atoms with E-state index in [1.54, 1.807) is 23.1 Å². The fourth-order valence-electron chi connectivity index (χ4n) is 4.30. The van der Waals surface area contributed by atoms with E-state index in [0.29, 0.717) is 18.0 Å². The van der Waals surface area contributed by atoms with Crippen molar-refractivity contribution in [2.75, 3.05) is 13.1 Å². The first-order valence-corrected chi connectivity index (χ1v) is 11.5. The van der Waals surface area contributed by atoms with E-state index in [-0.39, 0.29) is 11.8 Å². The first-order chi connectivity index (χ1) is 16.5. The molecule has 4 heterocycles. The maximum Gasteiger partial charge on any atom is 0.254 e. The fourth-order valence-corrected chi connectivity index (χ4v) is 4.30. The number of benzene rings is 1. The molecule has 1 aliphatic heterocycles. The average molecular weight is 454 g/mol. The summed E-state index contributed by atoms with van der Waals surface area (Å²) in [6.07, 6.45) is 7.25. The van der Waals surface area contributed by atoms with Crippen LogP contribution in [-0.2, 0) is 7.05 Å². The van der Waals surface area contributed by atoms with Gasteiger partial charge in [0.1, 0.15) is 5.75 Å². The number of likely N-dealkylation sites (tertiary alicyclic amines) is 1. The molecule has 0 bridgehead atoms. The van der Waals surface area contributed by atoms with Gasteiger partial charge in [0.15, 0.2) is 0 Å². The van der Waals surface area contributed by atoms with Crippen molar-refractivity contribution in [2.24, 2.45) is 7.05 Å².